The van der Waals surface area contributed by atoms with E-state index < -0.39 is 0 Å². The molecule has 0 aliphatic rings. The smallest absolute Gasteiger partial charge is 0.134 e. The van der Waals surface area contributed by atoms with Crippen LogP contribution >= 0.6 is 0 Å². The molecule has 0 saturated carbocycles. The molecule has 0 saturated heterocycles. The molecule has 24 heavy (non-hydrogen) atoms. The van der Waals surface area contributed by atoms with Crippen LogP contribution in [0, 0.1) is 11.8 Å². The molecule has 8 heteroatoms. The van der Waals surface area contributed by atoms with Gasteiger partial charge in [0.25, 0.3) is 0 Å². The Morgan fingerprint density at radius 2 is 1.00 bits per heavy atom. The lowest BCUT2D eigenvalue weighted by molar-refractivity contribution is -0.0444. The van der Waals surface area contributed by atoms with Crippen LogP contribution in [0.15, 0.2) is 0 Å². The van der Waals surface area contributed by atoms with E-state index in [1.54, 1.807) is 28.4 Å². The molecule has 0 fully saturated rings. The number of nitrogens with one attached hydrogen (secondary N) is 2. The zero-order valence-corrected chi connectivity index (χ0v) is 19.4. The van der Waals surface area contributed by atoms with Crippen LogP contribution in [0.25, 0.3) is 0 Å². The minimum Gasteiger partial charge on any atom is -0.360 e. The summed E-state index contributed by atoms with van der Waals surface area (Å²) in [6.07, 6.45) is 0. The van der Waals surface area contributed by atoms with Crippen LogP contribution in [-0.4, -0.2) is 85.5 Å². The maximum atomic E-state index is 5.27. The molecule has 0 heterocycles. The predicted octanol–water partition coefficient (Wildman–Crippen LogP) is -0.235. The highest BCUT2D eigenvalue weighted by atomic mass is 28.2. The van der Waals surface area contributed by atoms with E-state index in [2.05, 4.69) is 24.5 Å². The minimum atomic E-state index is -0.311. The second-order valence-corrected chi connectivity index (χ2v) is 10.2. The zero-order valence-electron chi connectivity index (χ0n) is 16.6. The van der Waals surface area contributed by atoms with Crippen molar-refractivity contribution < 1.29 is 18.9 Å². The highest BCUT2D eigenvalue weighted by Gasteiger charge is 2.10. The van der Waals surface area contributed by atoms with Crippen molar-refractivity contribution in [2.45, 2.75) is 37.8 Å². The highest BCUT2D eigenvalue weighted by molar-refractivity contribution is 6.36. The first-order valence-corrected chi connectivity index (χ1v) is 12.7. The summed E-state index contributed by atoms with van der Waals surface area (Å²) >= 11 is 0. The zero-order chi connectivity index (χ0) is 18.2. The molecule has 0 aliphatic heterocycles. The van der Waals surface area contributed by atoms with Gasteiger partial charge < -0.3 is 29.6 Å². The van der Waals surface area contributed by atoms with Gasteiger partial charge in [-0.05, 0) is 24.9 Å². The fourth-order valence-electron chi connectivity index (χ4n) is 2.58. The summed E-state index contributed by atoms with van der Waals surface area (Å²) in [4.78, 5) is 0. The summed E-state index contributed by atoms with van der Waals surface area (Å²) in [6, 6.07) is 2.49. The average Bonchev–Trinajstić information content (AvgIpc) is 2.59. The van der Waals surface area contributed by atoms with Crippen molar-refractivity contribution in [1.82, 2.24) is 10.6 Å². The van der Waals surface area contributed by atoms with E-state index >= 15 is 0 Å². The standard InChI is InChI=1S/C16H40N2O4Si2/c1-13(11-23-15(19-3)20-4)9-17-7-8-18-10-14(2)12-24-16(21-5)22-6/h13-18H,7-12,23-24H2,1-6H3. The van der Waals surface area contributed by atoms with E-state index in [1.165, 1.54) is 12.1 Å². The molecule has 2 N–H and O–H groups in total. The van der Waals surface area contributed by atoms with Gasteiger partial charge in [0.15, 0.2) is 0 Å². The Kier molecular flexibility index (Phi) is 16.8. The summed E-state index contributed by atoms with van der Waals surface area (Å²) in [5.74, 6) is 1.51. The van der Waals surface area contributed by atoms with Gasteiger partial charge in [-0.15, -0.1) is 0 Å². The largest absolute Gasteiger partial charge is 0.360 e. The number of ether oxygens (including phenoxy) is 4. The van der Waals surface area contributed by atoms with Crippen molar-refractivity contribution in [2.75, 3.05) is 54.6 Å². The molecule has 0 aliphatic carbocycles. The summed E-state index contributed by atoms with van der Waals surface area (Å²) < 4.78 is 21.1. The van der Waals surface area contributed by atoms with E-state index in [4.69, 9.17) is 18.9 Å². The van der Waals surface area contributed by atoms with Gasteiger partial charge >= 0.3 is 0 Å². The lowest BCUT2D eigenvalue weighted by Crippen LogP contribution is -2.33. The summed E-state index contributed by atoms with van der Waals surface area (Å²) in [6.45, 7) is 8.77. The molecule has 0 amide bonds. The molecule has 0 spiro atoms. The summed E-state index contributed by atoms with van der Waals surface area (Å²) in [5.41, 5.74) is 0. The lowest BCUT2D eigenvalue weighted by atomic mass is 10.2. The molecule has 0 aromatic carbocycles. The third kappa shape index (κ3) is 13.5. The van der Waals surface area contributed by atoms with E-state index in [0.29, 0.717) is 11.8 Å². The van der Waals surface area contributed by atoms with Crippen molar-refractivity contribution in [2.24, 2.45) is 11.8 Å². The van der Waals surface area contributed by atoms with E-state index in [9.17, 15) is 0 Å². The fraction of sp³-hybridized carbons (Fsp3) is 1.00. The molecule has 0 bridgehead atoms. The van der Waals surface area contributed by atoms with Crippen LogP contribution in [-0.2, 0) is 18.9 Å². The van der Waals surface area contributed by atoms with Crippen molar-refractivity contribution in [1.29, 1.82) is 0 Å². The van der Waals surface area contributed by atoms with Gasteiger partial charge in [0.2, 0.25) is 0 Å². The first-order valence-electron chi connectivity index (χ1n) is 9.09. The molecule has 2 atom stereocenters. The average molecular weight is 381 g/mol. The normalized spacial score (nSPS) is 15.5. The van der Waals surface area contributed by atoms with Crippen molar-refractivity contribution in [3.8, 4) is 0 Å². The second-order valence-electron chi connectivity index (χ2n) is 6.58. The van der Waals surface area contributed by atoms with Crippen LogP contribution in [0.2, 0.25) is 12.1 Å². The van der Waals surface area contributed by atoms with Crippen LogP contribution < -0.4 is 10.6 Å². The Balaban J connectivity index is 3.49. The SMILES string of the molecule is COC(OC)[SiH2]CC(C)CNCCNCC(C)C[SiH2]C(OC)OC. The third-order valence-electron chi connectivity index (χ3n) is 4.31. The molecule has 0 radical (unpaired) electrons. The topological polar surface area (TPSA) is 61.0 Å². The van der Waals surface area contributed by atoms with E-state index in [0.717, 1.165) is 26.2 Å². The van der Waals surface area contributed by atoms with Crippen molar-refractivity contribution in [3.63, 3.8) is 0 Å². The minimum absolute atomic E-state index is 0.0648. The molecule has 0 aromatic rings. The quantitative estimate of drug-likeness (QED) is 0.206. The highest BCUT2D eigenvalue weighted by Crippen LogP contribution is 2.04. The number of hydrogen-bond acceptors (Lipinski definition) is 6. The Morgan fingerprint density at radius 3 is 1.29 bits per heavy atom. The van der Waals surface area contributed by atoms with Crippen LogP contribution in [0.1, 0.15) is 13.8 Å². The van der Waals surface area contributed by atoms with Gasteiger partial charge in [-0.25, -0.2) is 0 Å². The summed E-state index contributed by atoms with van der Waals surface area (Å²) in [5, 5.41) is 7.07. The van der Waals surface area contributed by atoms with Gasteiger partial charge in [0.05, 0.1) is 19.0 Å². The molecule has 146 valence electrons. The maximum Gasteiger partial charge on any atom is 0.134 e. The van der Waals surface area contributed by atoms with Crippen LogP contribution in [0.4, 0.5) is 0 Å². The molecule has 0 rings (SSSR count). The Morgan fingerprint density at radius 1 is 0.667 bits per heavy atom. The van der Waals surface area contributed by atoms with Crippen molar-refractivity contribution >= 4 is 19.0 Å². The fourth-order valence-corrected chi connectivity index (χ4v) is 5.62. The first kappa shape index (κ1) is 24.2. The number of hydrogen-bond donors (Lipinski definition) is 2. The van der Waals surface area contributed by atoms with Gasteiger partial charge in [-0.2, -0.15) is 0 Å². The van der Waals surface area contributed by atoms with Gasteiger partial charge in [-0.1, -0.05) is 25.9 Å². The first-order chi connectivity index (χ1) is 11.6. The Labute approximate surface area is 153 Å². The second kappa shape index (κ2) is 16.7. The monoisotopic (exact) mass is 380 g/mol. The maximum absolute atomic E-state index is 5.27. The van der Waals surface area contributed by atoms with Gasteiger partial charge in [-0.3, -0.25) is 0 Å². The molecular weight excluding hydrogens is 340 g/mol. The molecule has 2 unspecified atom stereocenters. The van der Waals surface area contributed by atoms with Gasteiger partial charge in [0.1, 0.15) is 11.8 Å². The van der Waals surface area contributed by atoms with E-state index in [1.807, 2.05) is 0 Å². The number of rotatable bonds is 17. The van der Waals surface area contributed by atoms with Crippen molar-refractivity contribution in [3.05, 3.63) is 0 Å². The Bertz CT molecular complexity index is 244. The van der Waals surface area contributed by atoms with Gasteiger partial charge in [0, 0.05) is 41.5 Å². The van der Waals surface area contributed by atoms with Crippen LogP contribution in [0.3, 0.4) is 0 Å². The third-order valence-corrected chi connectivity index (χ3v) is 9.22. The lowest BCUT2D eigenvalue weighted by Gasteiger charge is -2.18. The summed E-state index contributed by atoms with van der Waals surface area (Å²) in [7, 11) is 6.28. The molecule has 0 aromatic heterocycles. The van der Waals surface area contributed by atoms with Crippen LogP contribution in [0.5, 0.6) is 0 Å². The molecule has 6 nitrogen and oxygen atoms in total. The van der Waals surface area contributed by atoms with E-state index in [-0.39, 0.29) is 30.9 Å². The Hall–Kier alpha value is 0.194. The predicted molar refractivity (Wildman–Crippen MR) is 106 cm³/mol. The number of methoxy groups -OCH3 is 4. The molecular formula is C16H40N2O4Si2.